The van der Waals surface area contributed by atoms with Gasteiger partial charge in [-0.25, -0.2) is 14.8 Å². The minimum absolute atomic E-state index is 0.318. The van der Waals surface area contributed by atoms with E-state index in [0.29, 0.717) is 11.6 Å². The fourth-order valence-corrected chi connectivity index (χ4v) is 3.12. The molecule has 2 aromatic carbocycles. The Morgan fingerprint density at radius 2 is 1.56 bits per heavy atom. The molecule has 0 atom stereocenters. The van der Waals surface area contributed by atoms with Gasteiger partial charge in [0.05, 0.1) is 18.1 Å². The topological polar surface area (TPSA) is 73.4 Å². The number of nitrogens with one attached hydrogen (secondary N) is 2. The fraction of sp³-hybridized carbons (Fsp3) is 0.250. The smallest absolute Gasteiger partial charge is 0.323 e. The monoisotopic (exact) mass is 362 g/mol. The summed E-state index contributed by atoms with van der Waals surface area (Å²) in [6.45, 7) is 3.81. The number of benzene rings is 2. The number of hydrogen-bond donors (Lipinski definition) is 2. The largest absolute Gasteiger partial charge is 0.338 e. The SMILES string of the molecule is CN1CCN(c2ncc(NC(=O)Nc3ccc4ccccc4c3)cn2)CC1. The Kier molecular flexibility index (Phi) is 4.84. The van der Waals surface area contributed by atoms with Gasteiger partial charge in [0.25, 0.3) is 0 Å². The van der Waals surface area contributed by atoms with Crippen LogP contribution in [0.15, 0.2) is 54.9 Å². The van der Waals surface area contributed by atoms with E-state index in [1.165, 1.54) is 0 Å². The summed E-state index contributed by atoms with van der Waals surface area (Å²) in [4.78, 5) is 25.4. The first-order chi connectivity index (χ1) is 13.2. The van der Waals surface area contributed by atoms with E-state index in [0.717, 1.165) is 42.6 Å². The quantitative estimate of drug-likeness (QED) is 0.749. The summed E-state index contributed by atoms with van der Waals surface area (Å²) in [6.07, 6.45) is 3.28. The lowest BCUT2D eigenvalue weighted by Gasteiger charge is -2.32. The Morgan fingerprint density at radius 1 is 0.889 bits per heavy atom. The van der Waals surface area contributed by atoms with Crippen molar-refractivity contribution in [3.05, 3.63) is 54.9 Å². The minimum Gasteiger partial charge on any atom is -0.338 e. The first-order valence-corrected chi connectivity index (χ1v) is 9.00. The number of aromatic nitrogens is 2. The van der Waals surface area contributed by atoms with Crippen LogP contribution in [0.5, 0.6) is 0 Å². The van der Waals surface area contributed by atoms with Crippen LogP contribution in [0, 0.1) is 0 Å². The molecule has 7 nitrogen and oxygen atoms in total. The maximum Gasteiger partial charge on any atom is 0.323 e. The van der Waals surface area contributed by atoms with Crippen LogP contribution in [0.1, 0.15) is 0 Å². The van der Waals surface area contributed by atoms with Crippen molar-refractivity contribution in [2.45, 2.75) is 0 Å². The molecule has 1 fully saturated rings. The highest BCUT2D eigenvalue weighted by Gasteiger charge is 2.16. The molecule has 1 aromatic heterocycles. The molecule has 1 aliphatic heterocycles. The first kappa shape index (κ1) is 17.2. The van der Waals surface area contributed by atoms with Gasteiger partial charge in [0.2, 0.25) is 5.95 Å². The zero-order valence-electron chi connectivity index (χ0n) is 15.2. The van der Waals surface area contributed by atoms with Crippen LogP contribution in [-0.4, -0.2) is 54.1 Å². The van der Waals surface area contributed by atoms with Gasteiger partial charge in [0, 0.05) is 31.9 Å². The maximum atomic E-state index is 12.2. The van der Waals surface area contributed by atoms with Gasteiger partial charge in [-0.3, -0.25) is 0 Å². The molecular weight excluding hydrogens is 340 g/mol. The molecule has 1 saturated heterocycles. The Hall–Kier alpha value is -3.19. The standard InChI is InChI=1S/C20H22N6O/c1-25-8-10-26(11-9-25)19-21-13-18(14-22-19)24-20(27)23-17-7-6-15-4-2-3-5-16(15)12-17/h2-7,12-14H,8-11H2,1H3,(H2,23,24,27). The van der Waals surface area contributed by atoms with Crippen LogP contribution in [0.25, 0.3) is 10.8 Å². The van der Waals surface area contributed by atoms with Crippen LogP contribution >= 0.6 is 0 Å². The van der Waals surface area contributed by atoms with E-state index in [2.05, 4.69) is 37.4 Å². The van der Waals surface area contributed by atoms with Crippen molar-refractivity contribution in [3.8, 4) is 0 Å². The third-order valence-electron chi connectivity index (χ3n) is 4.69. The number of anilines is 3. The number of hydrogen-bond acceptors (Lipinski definition) is 5. The van der Waals surface area contributed by atoms with Crippen LogP contribution in [0.4, 0.5) is 22.1 Å². The lowest BCUT2D eigenvalue weighted by molar-refractivity contribution is 0.262. The molecule has 4 rings (SSSR count). The summed E-state index contributed by atoms with van der Waals surface area (Å²) in [7, 11) is 2.11. The second-order valence-electron chi connectivity index (χ2n) is 6.70. The number of likely N-dealkylation sites (N-methyl/N-ethyl adjacent to an activating group) is 1. The summed E-state index contributed by atoms with van der Waals surface area (Å²) in [5.74, 6) is 0.698. The third kappa shape index (κ3) is 4.15. The Balaban J connectivity index is 1.37. The van der Waals surface area contributed by atoms with Crippen LogP contribution in [0.3, 0.4) is 0 Å². The molecule has 3 aromatic rings. The lowest BCUT2D eigenvalue weighted by atomic mass is 10.1. The van der Waals surface area contributed by atoms with Crippen molar-refractivity contribution in [1.82, 2.24) is 14.9 Å². The number of nitrogens with zero attached hydrogens (tertiary/aromatic N) is 4. The third-order valence-corrected chi connectivity index (χ3v) is 4.69. The van der Waals surface area contributed by atoms with Crippen molar-refractivity contribution >= 4 is 34.1 Å². The molecule has 2 N–H and O–H groups in total. The average molecular weight is 362 g/mol. The number of piperazine rings is 1. The highest BCUT2D eigenvalue weighted by molar-refractivity contribution is 6.01. The highest BCUT2D eigenvalue weighted by atomic mass is 16.2. The van der Waals surface area contributed by atoms with Crippen LogP contribution in [0.2, 0.25) is 0 Å². The second kappa shape index (κ2) is 7.59. The molecule has 7 heteroatoms. The van der Waals surface area contributed by atoms with Crippen molar-refractivity contribution < 1.29 is 4.79 Å². The maximum absolute atomic E-state index is 12.2. The number of carbonyl (C=O) groups is 1. The van der Waals surface area contributed by atoms with Crippen molar-refractivity contribution in [1.29, 1.82) is 0 Å². The number of carbonyl (C=O) groups excluding carboxylic acids is 1. The van der Waals surface area contributed by atoms with E-state index < -0.39 is 0 Å². The van der Waals surface area contributed by atoms with E-state index in [-0.39, 0.29) is 6.03 Å². The van der Waals surface area contributed by atoms with Gasteiger partial charge >= 0.3 is 6.03 Å². The Morgan fingerprint density at radius 3 is 2.30 bits per heavy atom. The van der Waals surface area contributed by atoms with Gasteiger partial charge in [0.15, 0.2) is 0 Å². The van der Waals surface area contributed by atoms with E-state index in [9.17, 15) is 4.79 Å². The van der Waals surface area contributed by atoms with E-state index in [1.807, 2.05) is 42.5 Å². The summed E-state index contributed by atoms with van der Waals surface area (Å²) < 4.78 is 0. The molecule has 0 radical (unpaired) electrons. The van der Waals surface area contributed by atoms with Gasteiger partial charge in [-0.05, 0) is 30.0 Å². The molecule has 1 aliphatic rings. The molecule has 0 aliphatic carbocycles. The Labute approximate surface area is 158 Å². The van der Waals surface area contributed by atoms with E-state index in [1.54, 1.807) is 12.4 Å². The zero-order chi connectivity index (χ0) is 18.6. The van der Waals surface area contributed by atoms with Crippen LogP contribution < -0.4 is 15.5 Å². The molecule has 2 heterocycles. The summed E-state index contributed by atoms with van der Waals surface area (Å²) in [5.41, 5.74) is 1.30. The molecule has 0 saturated carbocycles. The van der Waals surface area contributed by atoms with Gasteiger partial charge in [-0.1, -0.05) is 30.3 Å². The van der Waals surface area contributed by atoms with Gasteiger partial charge in [-0.15, -0.1) is 0 Å². The molecule has 0 unspecified atom stereocenters. The molecule has 0 bridgehead atoms. The first-order valence-electron chi connectivity index (χ1n) is 9.00. The number of urea groups is 1. The lowest BCUT2D eigenvalue weighted by Crippen LogP contribution is -2.45. The molecule has 2 amide bonds. The van der Waals surface area contributed by atoms with E-state index in [4.69, 9.17) is 0 Å². The average Bonchev–Trinajstić information content (AvgIpc) is 2.69. The summed E-state index contributed by atoms with van der Waals surface area (Å²) >= 11 is 0. The summed E-state index contributed by atoms with van der Waals surface area (Å²) in [5, 5.41) is 7.83. The molecule has 27 heavy (non-hydrogen) atoms. The number of fused-ring (bicyclic) bond motifs is 1. The summed E-state index contributed by atoms with van der Waals surface area (Å²) in [6, 6.07) is 13.5. The molecular formula is C20H22N6O. The predicted molar refractivity (Wildman–Crippen MR) is 108 cm³/mol. The van der Waals surface area contributed by atoms with Crippen molar-refractivity contribution in [2.75, 3.05) is 48.8 Å². The number of amides is 2. The van der Waals surface area contributed by atoms with Gasteiger partial charge in [-0.2, -0.15) is 0 Å². The van der Waals surface area contributed by atoms with E-state index >= 15 is 0 Å². The van der Waals surface area contributed by atoms with Crippen molar-refractivity contribution in [2.24, 2.45) is 0 Å². The molecule has 0 spiro atoms. The van der Waals surface area contributed by atoms with Gasteiger partial charge < -0.3 is 20.4 Å². The van der Waals surface area contributed by atoms with Crippen molar-refractivity contribution in [3.63, 3.8) is 0 Å². The van der Waals surface area contributed by atoms with Crippen LogP contribution in [-0.2, 0) is 0 Å². The minimum atomic E-state index is -0.318. The molecule has 138 valence electrons. The van der Waals surface area contributed by atoms with Gasteiger partial charge in [0.1, 0.15) is 0 Å². The zero-order valence-corrected chi connectivity index (χ0v) is 15.2. The highest BCUT2D eigenvalue weighted by Crippen LogP contribution is 2.19. The fourth-order valence-electron chi connectivity index (χ4n) is 3.12. The number of rotatable bonds is 3. The second-order valence-corrected chi connectivity index (χ2v) is 6.70. The Bertz CT molecular complexity index is 935. The normalized spacial score (nSPS) is 14.9. The predicted octanol–water partition coefficient (Wildman–Crippen LogP) is 3.03.